The Morgan fingerprint density at radius 3 is 2.79 bits per heavy atom. The van der Waals surface area contributed by atoms with E-state index >= 15 is 0 Å². The monoisotopic (exact) mass is 196 g/mol. The molecule has 1 aliphatic carbocycles. The van der Waals surface area contributed by atoms with Crippen LogP contribution >= 0.6 is 0 Å². The number of aliphatic hydroxyl groups is 1. The Morgan fingerprint density at radius 1 is 1.50 bits per heavy atom. The molecule has 0 saturated heterocycles. The van der Waals surface area contributed by atoms with Gasteiger partial charge in [-0.2, -0.15) is 0 Å². The van der Waals surface area contributed by atoms with Crippen LogP contribution in [0.3, 0.4) is 0 Å². The van der Waals surface area contributed by atoms with Crippen LogP contribution in [-0.4, -0.2) is 16.5 Å². The Balaban J connectivity index is 2.36. The van der Waals surface area contributed by atoms with E-state index in [1.54, 1.807) is 19.9 Å². The van der Waals surface area contributed by atoms with E-state index in [4.69, 9.17) is 0 Å². The summed E-state index contributed by atoms with van der Waals surface area (Å²) in [5.41, 5.74) is -0.752. The van der Waals surface area contributed by atoms with Crippen LogP contribution < -0.4 is 0 Å². The summed E-state index contributed by atoms with van der Waals surface area (Å²) >= 11 is 0. The molecule has 1 N–H and O–H groups in total. The van der Waals surface area contributed by atoms with E-state index in [-0.39, 0.29) is 5.92 Å². The lowest BCUT2D eigenvalue weighted by Crippen LogP contribution is -2.19. The summed E-state index contributed by atoms with van der Waals surface area (Å²) in [4.78, 5) is 11.5. The van der Waals surface area contributed by atoms with Gasteiger partial charge >= 0.3 is 0 Å². The molecule has 0 aromatic carbocycles. The van der Waals surface area contributed by atoms with E-state index in [0.717, 1.165) is 25.7 Å². The van der Waals surface area contributed by atoms with Crippen molar-refractivity contribution in [3.05, 3.63) is 12.2 Å². The molecule has 2 heteroatoms. The van der Waals surface area contributed by atoms with Gasteiger partial charge in [0.25, 0.3) is 0 Å². The summed E-state index contributed by atoms with van der Waals surface area (Å²) in [6, 6.07) is 0. The molecule has 1 aliphatic rings. The molecule has 0 aromatic rings. The third-order valence-corrected chi connectivity index (χ3v) is 2.63. The number of Topliss-reactive ketones (excluding diaryl/α,β-unsaturated/α-hetero) is 1. The van der Waals surface area contributed by atoms with Crippen molar-refractivity contribution in [2.75, 3.05) is 0 Å². The number of rotatable bonds is 3. The number of carbonyl (C=O) groups excluding carboxylic acids is 1. The largest absolute Gasteiger partial charge is 0.386 e. The van der Waals surface area contributed by atoms with Crippen molar-refractivity contribution in [2.24, 2.45) is 5.92 Å². The minimum Gasteiger partial charge on any atom is -0.386 e. The van der Waals surface area contributed by atoms with Crippen molar-refractivity contribution in [2.45, 2.75) is 51.6 Å². The zero-order chi connectivity index (χ0) is 10.6. The van der Waals surface area contributed by atoms with Gasteiger partial charge in [0.1, 0.15) is 5.78 Å². The van der Waals surface area contributed by atoms with E-state index in [0.29, 0.717) is 5.78 Å². The Kier molecular flexibility index (Phi) is 3.87. The Hall–Kier alpha value is -0.630. The molecule has 1 fully saturated rings. The third kappa shape index (κ3) is 4.05. The molecule has 2 nitrogen and oxygen atoms in total. The Bertz CT molecular complexity index is 223. The van der Waals surface area contributed by atoms with E-state index < -0.39 is 5.60 Å². The maximum atomic E-state index is 11.5. The van der Waals surface area contributed by atoms with E-state index in [9.17, 15) is 9.90 Å². The molecule has 14 heavy (non-hydrogen) atoms. The van der Waals surface area contributed by atoms with Gasteiger partial charge in [-0.1, -0.05) is 18.6 Å². The molecular formula is C12H20O2. The minimum atomic E-state index is -0.752. The summed E-state index contributed by atoms with van der Waals surface area (Å²) in [5.74, 6) is 0.610. The van der Waals surface area contributed by atoms with Gasteiger partial charge in [-0.3, -0.25) is 4.79 Å². The summed E-state index contributed by atoms with van der Waals surface area (Å²) in [5, 5.41) is 9.44. The fraction of sp³-hybridized carbons (Fsp3) is 0.750. The number of carbonyl (C=O) groups is 1. The van der Waals surface area contributed by atoms with Crippen LogP contribution in [0, 0.1) is 5.92 Å². The van der Waals surface area contributed by atoms with E-state index in [2.05, 4.69) is 0 Å². The number of hydrogen-bond acceptors (Lipinski definition) is 2. The maximum Gasteiger partial charge on any atom is 0.136 e. The average molecular weight is 196 g/mol. The van der Waals surface area contributed by atoms with Gasteiger partial charge in [-0.15, -0.1) is 0 Å². The molecule has 0 radical (unpaired) electrons. The number of allylic oxidation sites excluding steroid dienone is 1. The molecule has 1 rings (SSSR count). The second-order valence-electron chi connectivity index (χ2n) is 4.70. The first-order valence-electron chi connectivity index (χ1n) is 5.42. The van der Waals surface area contributed by atoms with Crippen LogP contribution in [0.1, 0.15) is 46.0 Å². The Labute approximate surface area is 86.0 Å². The standard InChI is InChI=1S/C12H20O2/c1-12(2,14)9-5-7-10-6-3-4-8-11(10)13/h5,9-10,14H,3-4,6-8H2,1-2H3/b9-5+. The molecule has 0 bridgehead atoms. The van der Waals surface area contributed by atoms with Crippen molar-refractivity contribution in [1.82, 2.24) is 0 Å². The van der Waals surface area contributed by atoms with Gasteiger partial charge in [-0.25, -0.2) is 0 Å². The zero-order valence-electron chi connectivity index (χ0n) is 9.12. The summed E-state index contributed by atoms with van der Waals surface area (Å²) in [7, 11) is 0. The fourth-order valence-corrected chi connectivity index (χ4v) is 1.83. The van der Waals surface area contributed by atoms with Crippen LogP contribution in [-0.2, 0) is 4.79 Å². The Morgan fingerprint density at radius 2 is 2.21 bits per heavy atom. The summed E-state index contributed by atoms with van der Waals surface area (Å²) in [6.45, 7) is 3.48. The predicted octanol–water partition coefficient (Wildman–Crippen LogP) is 2.46. The predicted molar refractivity (Wildman–Crippen MR) is 57.0 cm³/mol. The van der Waals surface area contributed by atoms with Gasteiger partial charge in [0.05, 0.1) is 5.60 Å². The highest BCUT2D eigenvalue weighted by molar-refractivity contribution is 5.81. The lowest BCUT2D eigenvalue weighted by atomic mass is 9.85. The SMILES string of the molecule is CC(C)(O)/C=C/CC1CCCCC1=O. The molecule has 0 aliphatic heterocycles. The van der Waals surface area contributed by atoms with Gasteiger partial charge in [-0.05, 0) is 33.1 Å². The molecular weight excluding hydrogens is 176 g/mol. The van der Waals surface area contributed by atoms with Crippen LogP contribution in [0.2, 0.25) is 0 Å². The van der Waals surface area contributed by atoms with Gasteiger partial charge in [0.15, 0.2) is 0 Å². The van der Waals surface area contributed by atoms with Crippen LogP contribution in [0.15, 0.2) is 12.2 Å². The summed E-state index contributed by atoms with van der Waals surface area (Å²) < 4.78 is 0. The molecule has 0 spiro atoms. The highest BCUT2D eigenvalue weighted by Gasteiger charge is 2.20. The summed E-state index contributed by atoms with van der Waals surface area (Å²) in [6.07, 6.45) is 8.51. The molecule has 0 aromatic heterocycles. The van der Waals surface area contributed by atoms with Gasteiger partial charge < -0.3 is 5.11 Å². The van der Waals surface area contributed by atoms with Crippen molar-refractivity contribution in [3.63, 3.8) is 0 Å². The highest BCUT2D eigenvalue weighted by atomic mass is 16.3. The normalized spacial score (nSPS) is 24.5. The molecule has 0 heterocycles. The first-order valence-corrected chi connectivity index (χ1v) is 5.42. The van der Waals surface area contributed by atoms with Gasteiger partial charge in [0, 0.05) is 12.3 Å². The van der Waals surface area contributed by atoms with Crippen molar-refractivity contribution in [1.29, 1.82) is 0 Å². The maximum absolute atomic E-state index is 11.5. The van der Waals surface area contributed by atoms with Crippen molar-refractivity contribution in [3.8, 4) is 0 Å². The number of ketones is 1. The second kappa shape index (κ2) is 4.74. The fourth-order valence-electron chi connectivity index (χ4n) is 1.83. The number of hydrogen-bond donors (Lipinski definition) is 1. The first kappa shape index (κ1) is 11.4. The van der Waals surface area contributed by atoms with Crippen molar-refractivity contribution < 1.29 is 9.90 Å². The van der Waals surface area contributed by atoms with Crippen LogP contribution in [0.4, 0.5) is 0 Å². The van der Waals surface area contributed by atoms with E-state index in [1.165, 1.54) is 6.42 Å². The lowest BCUT2D eigenvalue weighted by molar-refractivity contribution is -0.124. The second-order valence-corrected chi connectivity index (χ2v) is 4.70. The third-order valence-electron chi connectivity index (χ3n) is 2.63. The highest BCUT2D eigenvalue weighted by Crippen LogP contribution is 2.23. The quantitative estimate of drug-likeness (QED) is 0.704. The minimum absolute atomic E-state index is 0.211. The van der Waals surface area contributed by atoms with E-state index in [1.807, 2.05) is 6.08 Å². The smallest absolute Gasteiger partial charge is 0.136 e. The molecule has 80 valence electrons. The molecule has 1 unspecified atom stereocenters. The van der Waals surface area contributed by atoms with Crippen LogP contribution in [0.5, 0.6) is 0 Å². The van der Waals surface area contributed by atoms with Crippen molar-refractivity contribution >= 4 is 5.78 Å². The molecule has 1 atom stereocenters. The average Bonchev–Trinajstić information content (AvgIpc) is 2.06. The first-order chi connectivity index (χ1) is 6.49. The van der Waals surface area contributed by atoms with Gasteiger partial charge in [0.2, 0.25) is 0 Å². The topological polar surface area (TPSA) is 37.3 Å². The lowest BCUT2D eigenvalue weighted by Gasteiger charge is -2.19. The molecule has 1 saturated carbocycles. The zero-order valence-corrected chi connectivity index (χ0v) is 9.12. The molecule has 0 amide bonds. The van der Waals surface area contributed by atoms with Crippen LogP contribution in [0.25, 0.3) is 0 Å².